The van der Waals surface area contributed by atoms with E-state index in [-0.39, 0.29) is 0 Å². The summed E-state index contributed by atoms with van der Waals surface area (Å²) in [5.74, 6) is 0. The quantitative estimate of drug-likeness (QED) is 0.786. The lowest BCUT2D eigenvalue weighted by molar-refractivity contribution is 0.165. The highest BCUT2D eigenvalue weighted by Gasteiger charge is 2.18. The van der Waals surface area contributed by atoms with Gasteiger partial charge in [0.15, 0.2) is 0 Å². The largest absolute Gasteiger partial charge is 0.314 e. The van der Waals surface area contributed by atoms with Crippen LogP contribution in [0.4, 0.5) is 0 Å². The third-order valence-corrected chi connectivity index (χ3v) is 3.15. The Bertz CT molecular complexity index is 324. The van der Waals surface area contributed by atoms with Gasteiger partial charge in [-0.15, -0.1) is 0 Å². The number of piperazine rings is 1. The molecule has 0 amide bonds. The second-order valence-corrected chi connectivity index (χ2v) is 4.33. The third kappa shape index (κ3) is 2.55. The van der Waals surface area contributed by atoms with Crippen LogP contribution >= 0.6 is 0 Å². The van der Waals surface area contributed by atoms with Gasteiger partial charge in [-0.2, -0.15) is 0 Å². The van der Waals surface area contributed by atoms with Gasteiger partial charge >= 0.3 is 0 Å². The standard InChI is InChI=1S/C12H19N3/c1-10-7-13-4-3-12(10)9-15-6-5-14-8-11(15)2/h3-4,7,11,14H,5-6,8-9H2,1-2H3. The van der Waals surface area contributed by atoms with Crippen LogP contribution in [-0.2, 0) is 6.54 Å². The Balaban J connectivity index is 2.04. The summed E-state index contributed by atoms with van der Waals surface area (Å²) in [6.07, 6.45) is 3.83. The topological polar surface area (TPSA) is 28.2 Å². The van der Waals surface area contributed by atoms with Crippen molar-refractivity contribution in [2.75, 3.05) is 19.6 Å². The van der Waals surface area contributed by atoms with Crippen molar-refractivity contribution in [3.05, 3.63) is 29.6 Å². The van der Waals surface area contributed by atoms with Gasteiger partial charge in [-0.1, -0.05) is 0 Å². The van der Waals surface area contributed by atoms with E-state index in [2.05, 4.69) is 35.1 Å². The lowest BCUT2D eigenvalue weighted by Crippen LogP contribution is -2.49. The summed E-state index contributed by atoms with van der Waals surface area (Å²) in [4.78, 5) is 6.65. The highest BCUT2D eigenvalue weighted by atomic mass is 15.2. The molecule has 1 fully saturated rings. The first-order valence-electron chi connectivity index (χ1n) is 5.61. The summed E-state index contributed by atoms with van der Waals surface area (Å²) in [7, 11) is 0. The zero-order chi connectivity index (χ0) is 10.7. The molecule has 0 saturated carbocycles. The van der Waals surface area contributed by atoms with Crippen molar-refractivity contribution in [3.63, 3.8) is 0 Å². The molecule has 1 aromatic rings. The van der Waals surface area contributed by atoms with Crippen molar-refractivity contribution in [1.29, 1.82) is 0 Å². The minimum Gasteiger partial charge on any atom is -0.314 e. The summed E-state index contributed by atoms with van der Waals surface area (Å²) in [6.45, 7) is 8.82. The fourth-order valence-electron chi connectivity index (χ4n) is 2.02. The summed E-state index contributed by atoms with van der Waals surface area (Å²) >= 11 is 0. The van der Waals surface area contributed by atoms with Crippen molar-refractivity contribution in [2.24, 2.45) is 0 Å². The minimum atomic E-state index is 0.631. The van der Waals surface area contributed by atoms with Gasteiger partial charge in [0.2, 0.25) is 0 Å². The van der Waals surface area contributed by atoms with Gasteiger partial charge in [-0.25, -0.2) is 0 Å². The van der Waals surface area contributed by atoms with Gasteiger partial charge in [0.1, 0.15) is 0 Å². The van der Waals surface area contributed by atoms with Crippen molar-refractivity contribution < 1.29 is 0 Å². The number of aryl methyl sites for hydroxylation is 1. The predicted octanol–water partition coefficient (Wildman–Crippen LogP) is 1.18. The van der Waals surface area contributed by atoms with E-state index in [0.717, 1.165) is 26.2 Å². The SMILES string of the molecule is Cc1cnccc1CN1CCNCC1C. The minimum absolute atomic E-state index is 0.631. The van der Waals surface area contributed by atoms with E-state index in [4.69, 9.17) is 0 Å². The van der Waals surface area contributed by atoms with Crippen LogP contribution < -0.4 is 5.32 Å². The van der Waals surface area contributed by atoms with E-state index in [0.29, 0.717) is 6.04 Å². The molecule has 0 bridgehead atoms. The van der Waals surface area contributed by atoms with E-state index in [1.54, 1.807) is 0 Å². The van der Waals surface area contributed by atoms with Crippen LogP contribution in [0.25, 0.3) is 0 Å². The molecule has 2 rings (SSSR count). The van der Waals surface area contributed by atoms with Gasteiger partial charge in [0, 0.05) is 44.6 Å². The molecule has 2 heterocycles. The molecule has 1 atom stereocenters. The average Bonchev–Trinajstić information content (AvgIpc) is 2.24. The summed E-state index contributed by atoms with van der Waals surface area (Å²) < 4.78 is 0. The highest BCUT2D eigenvalue weighted by Crippen LogP contribution is 2.12. The van der Waals surface area contributed by atoms with Crippen molar-refractivity contribution in [2.45, 2.75) is 26.4 Å². The molecular weight excluding hydrogens is 186 g/mol. The molecule has 0 spiro atoms. The highest BCUT2D eigenvalue weighted by molar-refractivity contribution is 5.21. The van der Waals surface area contributed by atoms with Crippen LogP contribution in [0.3, 0.4) is 0 Å². The maximum absolute atomic E-state index is 4.13. The van der Waals surface area contributed by atoms with Crippen LogP contribution in [0.2, 0.25) is 0 Å². The van der Waals surface area contributed by atoms with Gasteiger partial charge in [-0.05, 0) is 31.0 Å². The van der Waals surface area contributed by atoms with Gasteiger partial charge in [-0.3, -0.25) is 9.88 Å². The van der Waals surface area contributed by atoms with Gasteiger partial charge < -0.3 is 5.32 Å². The first kappa shape index (κ1) is 10.6. The van der Waals surface area contributed by atoms with Crippen LogP contribution in [0, 0.1) is 6.92 Å². The van der Waals surface area contributed by atoms with Crippen LogP contribution in [0.15, 0.2) is 18.5 Å². The molecule has 0 radical (unpaired) electrons. The molecule has 3 heteroatoms. The van der Waals surface area contributed by atoms with E-state index in [1.165, 1.54) is 11.1 Å². The van der Waals surface area contributed by atoms with E-state index < -0.39 is 0 Å². The number of hydrogen-bond acceptors (Lipinski definition) is 3. The van der Waals surface area contributed by atoms with Crippen molar-refractivity contribution in [1.82, 2.24) is 15.2 Å². The smallest absolute Gasteiger partial charge is 0.0300 e. The number of nitrogens with zero attached hydrogens (tertiary/aromatic N) is 2. The molecule has 1 saturated heterocycles. The molecule has 82 valence electrons. The molecule has 15 heavy (non-hydrogen) atoms. The molecule has 3 nitrogen and oxygen atoms in total. The van der Waals surface area contributed by atoms with Gasteiger partial charge in [0.25, 0.3) is 0 Å². The fourth-order valence-corrected chi connectivity index (χ4v) is 2.02. The van der Waals surface area contributed by atoms with Gasteiger partial charge in [0.05, 0.1) is 0 Å². The Morgan fingerprint density at radius 1 is 1.60 bits per heavy atom. The molecule has 1 aliphatic rings. The lowest BCUT2D eigenvalue weighted by atomic mass is 10.1. The third-order valence-electron chi connectivity index (χ3n) is 3.15. The Kier molecular flexibility index (Phi) is 3.34. The molecule has 0 aliphatic carbocycles. The molecular formula is C12H19N3. The molecule has 1 unspecified atom stereocenters. The summed E-state index contributed by atoms with van der Waals surface area (Å²) in [5, 5.41) is 3.41. The fraction of sp³-hybridized carbons (Fsp3) is 0.583. The Labute approximate surface area is 91.5 Å². The number of rotatable bonds is 2. The number of hydrogen-bond donors (Lipinski definition) is 1. The second kappa shape index (κ2) is 4.73. The van der Waals surface area contributed by atoms with Crippen LogP contribution in [-0.4, -0.2) is 35.6 Å². The molecule has 1 aromatic heterocycles. The Morgan fingerprint density at radius 2 is 2.47 bits per heavy atom. The Hall–Kier alpha value is -0.930. The Morgan fingerprint density at radius 3 is 3.20 bits per heavy atom. The van der Waals surface area contributed by atoms with E-state index >= 15 is 0 Å². The van der Waals surface area contributed by atoms with Crippen LogP contribution in [0.1, 0.15) is 18.1 Å². The summed E-state index contributed by atoms with van der Waals surface area (Å²) in [6, 6.07) is 2.76. The number of pyridine rings is 1. The normalized spacial score (nSPS) is 22.9. The predicted molar refractivity (Wildman–Crippen MR) is 61.7 cm³/mol. The molecule has 0 aromatic carbocycles. The monoisotopic (exact) mass is 205 g/mol. The van der Waals surface area contributed by atoms with Crippen LogP contribution in [0.5, 0.6) is 0 Å². The number of nitrogens with one attached hydrogen (secondary N) is 1. The van der Waals surface area contributed by atoms with Crippen molar-refractivity contribution >= 4 is 0 Å². The number of aromatic nitrogens is 1. The lowest BCUT2D eigenvalue weighted by Gasteiger charge is -2.34. The molecule has 1 aliphatic heterocycles. The first-order valence-corrected chi connectivity index (χ1v) is 5.61. The second-order valence-electron chi connectivity index (χ2n) is 4.33. The first-order chi connectivity index (χ1) is 7.27. The average molecular weight is 205 g/mol. The maximum Gasteiger partial charge on any atom is 0.0300 e. The summed E-state index contributed by atoms with van der Waals surface area (Å²) in [5.41, 5.74) is 2.70. The zero-order valence-corrected chi connectivity index (χ0v) is 9.53. The van der Waals surface area contributed by atoms with E-state index in [1.807, 2.05) is 12.4 Å². The van der Waals surface area contributed by atoms with E-state index in [9.17, 15) is 0 Å². The van der Waals surface area contributed by atoms with Crippen molar-refractivity contribution in [3.8, 4) is 0 Å². The zero-order valence-electron chi connectivity index (χ0n) is 9.53. The maximum atomic E-state index is 4.13. The molecule has 1 N–H and O–H groups in total.